The number of hydrogen-bond acceptors (Lipinski definition) is 1. The predicted molar refractivity (Wildman–Crippen MR) is 30.1 cm³/mol. The van der Waals surface area contributed by atoms with E-state index in [0.29, 0.717) is 6.42 Å². The molecule has 1 heteroatoms. The minimum Gasteiger partial charge on any atom is -0.303 e. The predicted octanol–water partition coefficient (Wildman–Crippen LogP) is 1.54. The summed E-state index contributed by atoms with van der Waals surface area (Å²) in [6, 6.07) is 0. The van der Waals surface area contributed by atoms with E-state index in [4.69, 9.17) is 0 Å². The Balaban J connectivity index is 2.82. The molecule has 0 rings (SSSR count). The van der Waals surface area contributed by atoms with Gasteiger partial charge in [-0.15, -0.1) is 0 Å². The van der Waals surface area contributed by atoms with Gasteiger partial charge in [-0.05, 0) is 13.3 Å². The normalized spacial score (nSPS) is 9.86. The van der Waals surface area contributed by atoms with Gasteiger partial charge in [-0.1, -0.05) is 12.2 Å². The van der Waals surface area contributed by atoms with E-state index in [0.717, 1.165) is 12.7 Å². The third kappa shape index (κ3) is 5.41. The van der Waals surface area contributed by atoms with Crippen molar-refractivity contribution >= 4 is 6.29 Å². The Kier molecular flexibility index (Phi) is 4.95. The van der Waals surface area contributed by atoms with Crippen molar-refractivity contribution < 1.29 is 4.79 Å². The highest BCUT2D eigenvalue weighted by molar-refractivity contribution is 5.49. The summed E-state index contributed by atoms with van der Waals surface area (Å²) in [5.74, 6) is 0. The maximum atomic E-state index is 9.65. The van der Waals surface area contributed by atoms with Gasteiger partial charge in [0.2, 0.25) is 0 Å². The molecule has 0 unspecified atom stereocenters. The van der Waals surface area contributed by atoms with Gasteiger partial charge in [0.25, 0.3) is 0 Å². The summed E-state index contributed by atoms with van der Waals surface area (Å²) < 4.78 is 0. The fourth-order valence-electron chi connectivity index (χ4n) is 0.331. The van der Waals surface area contributed by atoms with E-state index in [2.05, 4.69) is 0 Å². The molecule has 0 aliphatic rings. The zero-order valence-corrected chi connectivity index (χ0v) is 4.55. The quantitative estimate of drug-likeness (QED) is 0.297. The van der Waals surface area contributed by atoms with Crippen molar-refractivity contribution in [3.05, 3.63) is 12.2 Å². The number of allylic oxidation sites excluding steroid dienone is 2. The lowest BCUT2D eigenvalue weighted by atomic mass is 10.3. The summed E-state index contributed by atoms with van der Waals surface area (Å²) in [5, 5.41) is 0. The van der Waals surface area contributed by atoms with Gasteiger partial charge in [-0.25, -0.2) is 0 Å². The lowest BCUT2D eigenvalue weighted by molar-refractivity contribution is -0.107. The molecule has 0 saturated carbocycles. The highest BCUT2D eigenvalue weighted by atomic mass is 16.1. The van der Waals surface area contributed by atoms with E-state index in [1.54, 1.807) is 0 Å². The topological polar surface area (TPSA) is 17.1 Å². The molecule has 40 valence electrons. The van der Waals surface area contributed by atoms with E-state index in [1.807, 2.05) is 19.1 Å². The fourth-order valence-corrected chi connectivity index (χ4v) is 0.331. The second kappa shape index (κ2) is 5.41. The third-order valence-corrected chi connectivity index (χ3v) is 0.687. The minimum atomic E-state index is 0.657. The van der Waals surface area contributed by atoms with Crippen molar-refractivity contribution in [2.75, 3.05) is 0 Å². The summed E-state index contributed by atoms with van der Waals surface area (Å²) in [7, 11) is 0. The van der Waals surface area contributed by atoms with Crippen LogP contribution in [0.5, 0.6) is 0 Å². The number of carbonyl (C=O) groups excluding carboxylic acids is 1. The molecule has 0 aliphatic heterocycles. The lowest BCUT2D eigenvalue weighted by Crippen LogP contribution is -1.68. The molecule has 0 N–H and O–H groups in total. The van der Waals surface area contributed by atoms with Crippen LogP contribution >= 0.6 is 0 Å². The second-order valence-corrected chi connectivity index (χ2v) is 1.31. The molecule has 0 bridgehead atoms. The van der Waals surface area contributed by atoms with Crippen molar-refractivity contribution in [2.45, 2.75) is 19.8 Å². The Morgan fingerprint density at radius 3 is 2.57 bits per heavy atom. The van der Waals surface area contributed by atoms with Crippen molar-refractivity contribution in [1.29, 1.82) is 0 Å². The molecule has 0 fully saturated rings. The van der Waals surface area contributed by atoms with Gasteiger partial charge < -0.3 is 4.79 Å². The number of hydrogen-bond donors (Lipinski definition) is 0. The first kappa shape index (κ1) is 6.41. The second-order valence-electron chi connectivity index (χ2n) is 1.31. The van der Waals surface area contributed by atoms with Crippen LogP contribution < -0.4 is 0 Å². The van der Waals surface area contributed by atoms with Gasteiger partial charge in [-0.2, -0.15) is 0 Å². The fraction of sp³-hybridized carbons (Fsp3) is 0.500. The summed E-state index contributed by atoms with van der Waals surface area (Å²) >= 11 is 0. The largest absolute Gasteiger partial charge is 0.303 e. The maximum absolute atomic E-state index is 9.65. The zero-order chi connectivity index (χ0) is 5.54. The van der Waals surface area contributed by atoms with Gasteiger partial charge in [0, 0.05) is 6.42 Å². The van der Waals surface area contributed by atoms with Crippen LogP contribution in [-0.4, -0.2) is 6.29 Å². The standard InChI is InChI=1S/C6H10O/c1-2-3-4-5-6-7/h2-3,6H,4-5H2,1H3/b3-2+. The van der Waals surface area contributed by atoms with Crippen molar-refractivity contribution in [3.8, 4) is 0 Å². The highest BCUT2D eigenvalue weighted by Gasteiger charge is 1.72. The first-order valence-electron chi connectivity index (χ1n) is 2.46. The molecule has 0 aliphatic carbocycles. The number of unbranched alkanes of at least 4 members (excludes halogenated alkanes) is 1. The van der Waals surface area contributed by atoms with Crippen molar-refractivity contribution in [2.24, 2.45) is 0 Å². The smallest absolute Gasteiger partial charge is 0.120 e. The monoisotopic (exact) mass is 98.1 g/mol. The molecule has 0 spiro atoms. The van der Waals surface area contributed by atoms with Crippen molar-refractivity contribution in [3.63, 3.8) is 0 Å². The van der Waals surface area contributed by atoms with Crippen LogP contribution in [0.3, 0.4) is 0 Å². The summed E-state index contributed by atoms with van der Waals surface area (Å²) in [6.45, 7) is 1.95. The average Bonchev–Trinajstić information content (AvgIpc) is 1.69. The molecule has 0 amide bonds. The van der Waals surface area contributed by atoms with Gasteiger partial charge in [-0.3, -0.25) is 0 Å². The van der Waals surface area contributed by atoms with Crippen LogP contribution in [0.1, 0.15) is 19.8 Å². The number of rotatable bonds is 3. The van der Waals surface area contributed by atoms with Gasteiger partial charge in [0.1, 0.15) is 6.29 Å². The molecule has 1 nitrogen and oxygen atoms in total. The van der Waals surface area contributed by atoms with E-state index in [-0.39, 0.29) is 0 Å². The number of carbonyl (C=O) groups is 1. The van der Waals surface area contributed by atoms with Crippen LogP contribution in [0.25, 0.3) is 0 Å². The molecule has 0 aromatic rings. The molecule has 0 radical (unpaired) electrons. The summed E-state index contributed by atoms with van der Waals surface area (Å²) in [6.07, 6.45) is 6.40. The molecule has 0 aromatic heterocycles. The number of aldehydes is 1. The van der Waals surface area contributed by atoms with Crippen LogP contribution in [-0.2, 0) is 4.79 Å². The summed E-state index contributed by atoms with van der Waals surface area (Å²) in [4.78, 5) is 9.65. The van der Waals surface area contributed by atoms with Crippen LogP contribution in [0.2, 0.25) is 0 Å². The molecule has 0 atom stereocenters. The Labute approximate surface area is 44.0 Å². The Morgan fingerprint density at radius 1 is 1.43 bits per heavy atom. The Bertz CT molecular complexity index is 64.6. The Morgan fingerprint density at radius 2 is 2.14 bits per heavy atom. The Hall–Kier alpha value is -0.590. The van der Waals surface area contributed by atoms with Crippen molar-refractivity contribution in [1.82, 2.24) is 0 Å². The maximum Gasteiger partial charge on any atom is 0.120 e. The lowest BCUT2D eigenvalue weighted by Gasteiger charge is -1.76. The molecular weight excluding hydrogens is 88.1 g/mol. The van der Waals surface area contributed by atoms with E-state index < -0.39 is 0 Å². The van der Waals surface area contributed by atoms with Crippen LogP contribution in [0.4, 0.5) is 0 Å². The molecular formula is C6H10O. The molecule has 7 heavy (non-hydrogen) atoms. The highest BCUT2D eigenvalue weighted by Crippen LogP contribution is 1.84. The van der Waals surface area contributed by atoms with E-state index >= 15 is 0 Å². The first-order valence-corrected chi connectivity index (χ1v) is 2.46. The minimum absolute atomic E-state index is 0.657. The molecule has 0 aromatic carbocycles. The first-order chi connectivity index (χ1) is 3.41. The van der Waals surface area contributed by atoms with Gasteiger partial charge in [0.05, 0.1) is 0 Å². The molecule has 0 saturated heterocycles. The zero-order valence-electron chi connectivity index (χ0n) is 4.55. The van der Waals surface area contributed by atoms with E-state index in [9.17, 15) is 4.79 Å². The summed E-state index contributed by atoms with van der Waals surface area (Å²) in [5.41, 5.74) is 0. The van der Waals surface area contributed by atoms with Crippen LogP contribution in [0, 0.1) is 0 Å². The van der Waals surface area contributed by atoms with E-state index in [1.165, 1.54) is 0 Å². The van der Waals surface area contributed by atoms with Crippen LogP contribution in [0.15, 0.2) is 12.2 Å². The molecule has 0 heterocycles. The third-order valence-electron chi connectivity index (χ3n) is 0.687. The SMILES string of the molecule is C/C=C/CCC=O. The van der Waals surface area contributed by atoms with Gasteiger partial charge >= 0.3 is 0 Å². The average molecular weight is 98.1 g/mol. The van der Waals surface area contributed by atoms with Gasteiger partial charge in [0.15, 0.2) is 0 Å².